The maximum absolute atomic E-state index is 6.06. The first kappa shape index (κ1) is 14.9. The van der Waals surface area contributed by atoms with Crippen LogP contribution in [-0.2, 0) is 11.3 Å². The van der Waals surface area contributed by atoms with Crippen molar-refractivity contribution < 1.29 is 4.74 Å². The first-order chi connectivity index (χ1) is 10.7. The summed E-state index contributed by atoms with van der Waals surface area (Å²) in [5.41, 5.74) is 3.06. The topological polar surface area (TPSA) is 51.1 Å². The summed E-state index contributed by atoms with van der Waals surface area (Å²) in [6.07, 6.45) is 7.90. The number of aryl methyl sites for hydroxylation is 2. The SMILES string of the molecule is Cc1cnc(C)c(N2CCC[C@@H](OCc3cccnc3)C2)n1. The standard InChI is InChI=1S/C17H22N4O/c1-13-9-19-14(2)17(20-13)21-8-4-6-16(11-21)22-12-15-5-3-7-18-10-15/h3,5,7,9-10,16H,4,6,8,11-12H2,1-2H3/t16-/m1/s1. The molecular formula is C17H22N4O. The van der Waals surface area contributed by atoms with Gasteiger partial charge in [0.2, 0.25) is 0 Å². The van der Waals surface area contributed by atoms with Crippen molar-refractivity contribution >= 4 is 5.82 Å². The summed E-state index contributed by atoms with van der Waals surface area (Å²) in [5, 5.41) is 0. The third-order valence-electron chi connectivity index (χ3n) is 3.94. The second-order valence-corrected chi connectivity index (χ2v) is 5.80. The number of hydrogen-bond acceptors (Lipinski definition) is 5. The summed E-state index contributed by atoms with van der Waals surface area (Å²) in [4.78, 5) is 15.5. The van der Waals surface area contributed by atoms with Gasteiger partial charge < -0.3 is 9.64 Å². The van der Waals surface area contributed by atoms with Gasteiger partial charge in [0.15, 0.2) is 0 Å². The smallest absolute Gasteiger partial charge is 0.150 e. The molecule has 0 amide bonds. The summed E-state index contributed by atoms with van der Waals surface area (Å²) in [7, 11) is 0. The van der Waals surface area contributed by atoms with Gasteiger partial charge in [0.25, 0.3) is 0 Å². The van der Waals surface area contributed by atoms with Gasteiger partial charge in [0.1, 0.15) is 5.82 Å². The Morgan fingerprint density at radius 3 is 3.05 bits per heavy atom. The fraction of sp³-hybridized carbons (Fsp3) is 0.471. The minimum atomic E-state index is 0.232. The Kier molecular flexibility index (Phi) is 4.63. The summed E-state index contributed by atoms with van der Waals surface area (Å²) in [6.45, 7) is 6.51. The zero-order valence-electron chi connectivity index (χ0n) is 13.2. The summed E-state index contributed by atoms with van der Waals surface area (Å²) >= 11 is 0. The van der Waals surface area contributed by atoms with Gasteiger partial charge in [-0.25, -0.2) is 4.98 Å². The fourth-order valence-corrected chi connectivity index (χ4v) is 2.79. The van der Waals surface area contributed by atoms with Crippen LogP contribution >= 0.6 is 0 Å². The van der Waals surface area contributed by atoms with Gasteiger partial charge in [0, 0.05) is 31.7 Å². The average molecular weight is 298 g/mol. The van der Waals surface area contributed by atoms with Crippen molar-refractivity contribution in [1.29, 1.82) is 0 Å². The van der Waals surface area contributed by atoms with Crippen LogP contribution in [0.4, 0.5) is 5.82 Å². The van der Waals surface area contributed by atoms with Gasteiger partial charge in [-0.15, -0.1) is 0 Å². The monoisotopic (exact) mass is 298 g/mol. The van der Waals surface area contributed by atoms with Crippen LogP contribution in [0.2, 0.25) is 0 Å². The van der Waals surface area contributed by atoms with E-state index in [4.69, 9.17) is 4.74 Å². The molecule has 0 N–H and O–H groups in total. The van der Waals surface area contributed by atoms with Crippen LogP contribution in [-0.4, -0.2) is 34.1 Å². The number of rotatable bonds is 4. The minimum Gasteiger partial charge on any atom is -0.372 e. The van der Waals surface area contributed by atoms with Crippen molar-refractivity contribution in [2.45, 2.75) is 39.4 Å². The second-order valence-electron chi connectivity index (χ2n) is 5.80. The Morgan fingerprint density at radius 1 is 1.32 bits per heavy atom. The number of nitrogens with zero attached hydrogens (tertiary/aromatic N) is 4. The van der Waals surface area contributed by atoms with Crippen molar-refractivity contribution in [2.24, 2.45) is 0 Å². The number of ether oxygens (including phenoxy) is 1. The number of anilines is 1. The van der Waals surface area contributed by atoms with Crippen LogP contribution in [0.1, 0.15) is 29.8 Å². The fourth-order valence-electron chi connectivity index (χ4n) is 2.79. The average Bonchev–Trinajstić information content (AvgIpc) is 2.56. The summed E-state index contributed by atoms with van der Waals surface area (Å²) in [6, 6.07) is 3.99. The molecule has 22 heavy (non-hydrogen) atoms. The molecule has 0 bridgehead atoms. The summed E-state index contributed by atoms with van der Waals surface area (Å²) in [5.74, 6) is 0.995. The van der Waals surface area contributed by atoms with E-state index in [1.165, 1.54) is 0 Å². The van der Waals surface area contributed by atoms with Crippen LogP contribution in [0.15, 0.2) is 30.7 Å². The molecule has 2 aromatic rings. The van der Waals surface area contributed by atoms with E-state index in [-0.39, 0.29) is 6.10 Å². The van der Waals surface area contributed by atoms with Gasteiger partial charge >= 0.3 is 0 Å². The third-order valence-corrected chi connectivity index (χ3v) is 3.94. The highest BCUT2D eigenvalue weighted by molar-refractivity contribution is 5.43. The Bertz CT molecular complexity index is 617. The lowest BCUT2D eigenvalue weighted by Gasteiger charge is -2.34. The molecule has 1 atom stereocenters. The summed E-state index contributed by atoms with van der Waals surface area (Å²) < 4.78 is 6.06. The van der Waals surface area contributed by atoms with Gasteiger partial charge in [-0.2, -0.15) is 0 Å². The molecule has 0 aliphatic carbocycles. The van der Waals surface area contributed by atoms with Crippen LogP contribution in [0, 0.1) is 13.8 Å². The molecule has 1 aliphatic rings. The van der Waals surface area contributed by atoms with Crippen molar-refractivity contribution in [3.63, 3.8) is 0 Å². The highest BCUT2D eigenvalue weighted by Gasteiger charge is 2.23. The molecule has 0 aromatic carbocycles. The van der Waals surface area contributed by atoms with E-state index in [2.05, 4.69) is 19.9 Å². The third kappa shape index (κ3) is 3.60. The Morgan fingerprint density at radius 2 is 2.23 bits per heavy atom. The van der Waals surface area contributed by atoms with Gasteiger partial charge in [-0.05, 0) is 38.3 Å². The molecule has 5 nitrogen and oxygen atoms in total. The van der Waals surface area contributed by atoms with Crippen LogP contribution in [0.3, 0.4) is 0 Å². The lowest BCUT2D eigenvalue weighted by atomic mass is 10.1. The van der Waals surface area contributed by atoms with Gasteiger partial charge in [-0.1, -0.05) is 6.07 Å². The lowest BCUT2D eigenvalue weighted by molar-refractivity contribution is 0.0312. The predicted molar refractivity (Wildman–Crippen MR) is 85.8 cm³/mol. The van der Waals surface area contributed by atoms with Gasteiger partial charge in [-0.3, -0.25) is 9.97 Å². The number of piperidine rings is 1. The maximum Gasteiger partial charge on any atom is 0.150 e. The zero-order chi connectivity index (χ0) is 15.4. The molecule has 0 spiro atoms. The molecule has 1 saturated heterocycles. The largest absolute Gasteiger partial charge is 0.372 e. The molecular weight excluding hydrogens is 276 g/mol. The van der Waals surface area contributed by atoms with Crippen LogP contribution in [0.5, 0.6) is 0 Å². The van der Waals surface area contributed by atoms with E-state index < -0.39 is 0 Å². The Hall–Kier alpha value is -2.01. The van der Waals surface area contributed by atoms with E-state index in [0.717, 1.165) is 48.7 Å². The van der Waals surface area contributed by atoms with Crippen molar-refractivity contribution in [3.8, 4) is 0 Å². The number of aromatic nitrogens is 3. The molecule has 2 aromatic heterocycles. The number of pyridine rings is 1. The highest BCUT2D eigenvalue weighted by atomic mass is 16.5. The van der Waals surface area contributed by atoms with Crippen molar-refractivity contribution in [1.82, 2.24) is 15.0 Å². The second kappa shape index (κ2) is 6.83. The Balaban J connectivity index is 1.63. The molecule has 1 fully saturated rings. The molecule has 0 saturated carbocycles. The first-order valence-corrected chi connectivity index (χ1v) is 7.78. The van der Waals surface area contributed by atoms with Crippen molar-refractivity contribution in [2.75, 3.05) is 18.0 Å². The zero-order valence-corrected chi connectivity index (χ0v) is 13.2. The van der Waals surface area contributed by atoms with E-state index >= 15 is 0 Å². The first-order valence-electron chi connectivity index (χ1n) is 7.78. The van der Waals surface area contributed by atoms with Crippen LogP contribution in [0.25, 0.3) is 0 Å². The molecule has 116 valence electrons. The van der Waals surface area contributed by atoms with E-state index in [1.807, 2.05) is 38.4 Å². The predicted octanol–water partition coefficient (Wildman–Crippen LogP) is 2.67. The molecule has 0 radical (unpaired) electrons. The lowest BCUT2D eigenvalue weighted by Crippen LogP contribution is -2.40. The van der Waals surface area contributed by atoms with Crippen molar-refractivity contribution in [3.05, 3.63) is 47.7 Å². The normalized spacial score (nSPS) is 18.5. The highest BCUT2D eigenvalue weighted by Crippen LogP contribution is 2.22. The van der Waals surface area contributed by atoms with E-state index in [9.17, 15) is 0 Å². The van der Waals surface area contributed by atoms with E-state index in [0.29, 0.717) is 6.61 Å². The Labute approximate surface area is 131 Å². The van der Waals surface area contributed by atoms with E-state index in [1.54, 1.807) is 6.20 Å². The maximum atomic E-state index is 6.06. The molecule has 5 heteroatoms. The van der Waals surface area contributed by atoms with Crippen LogP contribution < -0.4 is 4.90 Å². The molecule has 0 unspecified atom stereocenters. The molecule has 3 rings (SSSR count). The number of hydrogen-bond donors (Lipinski definition) is 0. The minimum absolute atomic E-state index is 0.232. The molecule has 3 heterocycles. The quantitative estimate of drug-likeness (QED) is 0.868. The molecule has 1 aliphatic heterocycles. The van der Waals surface area contributed by atoms with Gasteiger partial charge in [0.05, 0.1) is 24.1 Å².